The molecule has 1 fully saturated rings. The fourth-order valence-corrected chi connectivity index (χ4v) is 4.85. The summed E-state index contributed by atoms with van der Waals surface area (Å²) >= 11 is 1.65. The smallest absolute Gasteiger partial charge is 0.165 e. The Balaban J connectivity index is 1.18. The fourth-order valence-electron chi connectivity index (χ4n) is 3.89. The van der Waals surface area contributed by atoms with Crippen LogP contribution in [0.25, 0.3) is 21.1 Å². The predicted molar refractivity (Wildman–Crippen MR) is 119 cm³/mol. The number of carbonyl (C=O) groups is 1. The molecule has 0 atom stereocenters. The molecular formula is C23H22N4OS. The molecule has 2 aromatic heterocycles. The third-order valence-corrected chi connectivity index (χ3v) is 6.53. The highest BCUT2D eigenvalue weighted by Gasteiger charge is 2.20. The Hall–Kier alpha value is -2.83. The van der Waals surface area contributed by atoms with Gasteiger partial charge in [0.05, 0.1) is 17.2 Å². The van der Waals surface area contributed by atoms with Gasteiger partial charge in [0, 0.05) is 60.2 Å². The molecule has 29 heavy (non-hydrogen) atoms. The molecule has 6 heteroatoms. The van der Waals surface area contributed by atoms with Gasteiger partial charge in [0.2, 0.25) is 0 Å². The second-order valence-corrected chi connectivity index (χ2v) is 8.28. The molecule has 0 radical (unpaired) electrons. The quantitative estimate of drug-likeness (QED) is 0.467. The van der Waals surface area contributed by atoms with Gasteiger partial charge in [0.1, 0.15) is 5.82 Å². The number of aromatic nitrogens is 2. The number of rotatable bonds is 5. The van der Waals surface area contributed by atoms with E-state index in [0.29, 0.717) is 6.42 Å². The minimum atomic E-state index is 0.241. The van der Waals surface area contributed by atoms with Crippen LogP contribution in [0.15, 0.2) is 60.1 Å². The van der Waals surface area contributed by atoms with Gasteiger partial charge in [-0.2, -0.15) is 0 Å². The number of Topliss-reactive ketones (excluding diaryl/α,β-unsaturated/α-hetero) is 1. The van der Waals surface area contributed by atoms with Gasteiger partial charge in [-0.05, 0) is 18.2 Å². The van der Waals surface area contributed by atoms with Crippen molar-refractivity contribution in [3.8, 4) is 0 Å². The number of nitrogens with zero attached hydrogens (tertiary/aromatic N) is 4. The molecule has 5 nitrogen and oxygen atoms in total. The van der Waals surface area contributed by atoms with E-state index in [-0.39, 0.29) is 5.78 Å². The SMILES string of the molecule is O=C(CCN1CCN(c2cnc3ccccc3n2)CC1)c1csc2ccccc12. The second-order valence-electron chi connectivity index (χ2n) is 7.36. The number of benzene rings is 2. The topological polar surface area (TPSA) is 49.3 Å². The van der Waals surface area contributed by atoms with Gasteiger partial charge in [-0.1, -0.05) is 30.3 Å². The summed E-state index contributed by atoms with van der Waals surface area (Å²) in [5, 5.41) is 3.09. The van der Waals surface area contributed by atoms with E-state index in [0.717, 1.165) is 60.5 Å². The standard InChI is InChI=1S/C23H22N4OS/c28-21(18-16-29-22-8-4-1-5-17(18)22)9-10-26-11-13-27(14-12-26)23-15-24-19-6-2-3-7-20(19)25-23/h1-8,15-16H,9-14H2. The number of anilines is 1. The molecule has 1 aliphatic heterocycles. The van der Waals surface area contributed by atoms with E-state index in [4.69, 9.17) is 4.98 Å². The summed E-state index contributed by atoms with van der Waals surface area (Å²) in [6.07, 6.45) is 2.43. The maximum Gasteiger partial charge on any atom is 0.165 e. The number of hydrogen-bond acceptors (Lipinski definition) is 6. The van der Waals surface area contributed by atoms with Gasteiger partial charge in [-0.3, -0.25) is 14.7 Å². The first-order chi connectivity index (χ1) is 14.3. The van der Waals surface area contributed by atoms with E-state index in [1.165, 1.54) is 4.70 Å². The van der Waals surface area contributed by atoms with Crippen molar-refractivity contribution in [2.75, 3.05) is 37.6 Å². The van der Waals surface area contributed by atoms with Crippen LogP contribution in [-0.2, 0) is 0 Å². The Morgan fingerprint density at radius 3 is 2.59 bits per heavy atom. The van der Waals surface area contributed by atoms with Crippen LogP contribution in [-0.4, -0.2) is 53.4 Å². The average Bonchev–Trinajstić information content (AvgIpc) is 3.22. The molecule has 3 heterocycles. The number of fused-ring (bicyclic) bond motifs is 2. The number of piperazine rings is 1. The molecule has 4 aromatic rings. The van der Waals surface area contributed by atoms with Gasteiger partial charge in [0.15, 0.2) is 5.78 Å². The summed E-state index contributed by atoms with van der Waals surface area (Å²) in [6, 6.07) is 16.1. The first-order valence-corrected chi connectivity index (χ1v) is 10.8. The largest absolute Gasteiger partial charge is 0.353 e. The van der Waals surface area contributed by atoms with Gasteiger partial charge < -0.3 is 4.90 Å². The molecule has 2 aromatic carbocycles. The maximum absolute atomic E-state index is 12.7. The lowest BCUT2D eigenvalue weighted by Crippen LogP contribution is -2.47. The van der Waals surface area contributed by atoms with Crippen LogP contribution in [0.2, 0.25) is 0 Å². The summed E-state index contributed by atoms with van der Waals surface area (Å²) in [5.74, 6) is 1.18. The lowest BCUT2D eigenvalue weighted by Gasteiger charge is -2.35. The van der Waals surface area contributed by atoms with Gasteiger partial charge >= 0.3 is 0 Å². The minimum absolute atomic E-state index is 0.241. The van der Waals surface area contributed by atoms with E-state index < -0.39 is 0 Å². The Labute approximate surface area is 173 Å². The van der Waals surface area contributed by atoms with Crippen molar-refractivity contribution in [3.05, 3.63) is 65.7 Å². The van der Waals surface area contributed by atoms with Crippen LogP contribution in [0, 0.1) is 0 Å². The summed E-state index contributed by atoms with van der Waals surface area (Å²) in [4.78, 5) is 26.7. The van der Waals surface area contributed by atoms with Crippen molar-refractivity contribution in [2.24, 2.45) is 0 Å². The van der Waals surface area contributed by atoms with Crippen LogP contribution in [0.4, 0.5) is 5.82 Å². The van der Waals surface area contributed by atoms with Gasteiger partial charge in [0.25, 0.3) is 0 Å². The lowest BCUT2D eigenvalue weighted by atomic mass is 10.1. The second kappa shape index (κ2) is 7.89. The molecular weight excluding hydrogens is 380 g/mol. The first kappa shape index (κ1) is 18.2. The third-order valence-electron chi connectivity index (χ3n) is 5.57. The van der Waals surface area contributed by atoms with Crippen molar-refractivity contribution >= 4 is 44.1 Å². The van der Waals surface area contributed by atoms with Crippen molar-refractivity contribution < 1.29 is 4.79 Å². The molecule has 0 N–H and O–H groups in total. The van der Waals surface area contributed by atoms with Crippen LogP contribution < -0.4 is 4.90 Å². The number of para-hydroxylation sites is 2. The fraction of sp³-hybridized carbons (Fsp3) is 0.261. The number of hydrogen-bond donors (Lipinski definition) is 0. The summed E-state index contributed by atoms with van der Waals surface area (Å²) in [7, 11) is 0. The van der Waals surface area contributed by atoms with E-state index in [2.05, 4.69) is 20.9 Å². The summed E-state index contributed by atoms with van der Waals surface area (Å²) in [6.45, 7) is 4.49. The number of carbonyl (C=O) groups excluding carboxylic acids is 1. The minimum Gasteiger partial charge on any atom is -0.353 e. The third kappa shape index (κ3) is 3.73. The maximum atomic E-state index is 12.7. The van der Waals surface area contributed by atoms with Crippen molar-refractivity contribution in [1.29, 1.82) is 0 Å². The summed E-state index contributed by atoms with van der Waals surface area (Å²) in [5.41, 5.74) is 2.73. The molecule has 0 aliphatic carbocycles. The van der Waals surface area contributed by atoms with Crippen LogP contribution >= 0.6 is 11.3 Å². The lowest BCUT2D eigenvalue weighted by molar-refractivity contribution is 0.0964. The van der Waals surface area contributed by atoms with E-state index in [9.17, 15) is 4.79 Å². The highest BCUT2D eigenvalue weighted by Crippen LogP contribution is 2.26. The predicted octanol–water partition coefficient (Wildman–Crippen LogP) is 4.24. The highest BCUT2D eigenvalue weighted by atomic mass is 32.1. The molecule has 0 unspecified atom stereocenters. The molecule has 0 bridgehead atoms. The molecule has 1 saturated heterocycles. The van der Waals surface area contributed by atoms with E-state index >= 15 is 0 Å². The van der Waals surface area contributed by atoms with Crippen LogP contribution in [0.1, 0.15) is 16.8 Å². The molecule has 1 aliphatic rings. The zero-order chi connectivity index (χ0) is 19.6. The Morgan fingerprint density at radius 2 is 1.72 bits per heavy atom. The number of ketones is 1. The van der Waals surface area contributed by atoms with E-state index in [1.54, 1.807) is 11.3 Å². The van der Waals surface area contributed by atoms with Crippen molar-refractivity contribution in [1.82, 2.24) is 14.9 Å². The molecule has 0 saturated carbocycles. The Kier molecular flexibility index (Phi) is 4.96. The Morgan fingerprint density at radius 1 is 0.966 bits per heavy atom. The Bertz CT molecular complexity index is 1160. The van der Waals surface area contributed by atoms with Crippen LogP contribution in [0.5, 0.6) is 0 Å². The van der Waals surface area contributed by atoms with Gasteiger partial charge in [-0.25, -0.2) is 4.98 Å². The monoisotopic (exact) mass is 402 g/mol. The molecule has 0 spiro atoms. The van der Waals surface area contributed by atoms with Crippen molar-refractivity contribution in [3.63, 3.8) is 0 Å². The highest BCUT2D eigenvalue weighted by molar-refractivity contribution is 7.17. The van der Waals surface area contributed by atoms with Crippen LogP contribution in [0.3, 0.4) is 0 Å². The average molecular weight is 403 g/mol. The molecule has 146 valence electrons. The van der Waals surface area contributed by atoms with E-state index in [1.807, 2.05) is 54.0 Å². The zero-order valence-corrected chi connectivity index (χ0v) is 16.9. The summed E-state index contributed by atoms with van der Waals surface area (Å²) < 4.78 is 1.18. The first-order valence-electron chi connectivity index (χ1n) is 9.96. The van der Waals surface area contributed by atoms with Crippen molar-refractivity contribution in [2.45, 2.75) is 6.42 Å². The van der Waals surface area contributed by atoms with Gasteiger partial charge in [-0.15, -0.1) is 11.3 Å². The normalized spacial score (nSPS) is 15.2. The number of thiophene rings is 1. The zero-order valence-electron chi connectivity index (χ0n) is 16.1. The molecule has 5 rings (SSSR count). The molecule has 0 amide bonds.